The molecule has 1 fully saturated rings. The monoisotopic (exact) mass is 240 g/mol. The Labute approximate surface area is 101 Å². The first-order valence-corrected chi connectivity index (χ1v) is 5.99. The fourth-order valence-corrected chi connectivity index (χ4v) is 2.36. The quantitative estimate of drug-likeness (QED) is 0.870. The maximum Gasteiger partial charge on any atom is 0.126 e. The Morgan fingerprint density at radius 1 is 1.35 bits per heavy atom. The average Bonchev–Trinajstić information content (AvgIpc) is 2.37. The number of hydrogen-bond acceptors (Lipinski definition) is 2. The van der Waals surface area contributed by atoms with Crippen molar-refractivity contribution < 1.29 is 8.78 Å². The molecular weight excluding hydrogens is 222 g/mol. The molecule has 4 heteroatoms. The Bertz CT molecular complexity index is 376. The van der Waals surface area contributed by atoms with E-state index < -0.39 is 6.67 Å². The molecule has 1 aliphatic rings. The van der Waals surface area contributed by atoms with Gasteiger partial charge in [0.05, 0.1) is 6.04 Å². The molecule has 0 bridgehead atoms. The van der Waals surface area contributed by atoms with Gasteiger partial charge in [-0.3, -0.25) is 4.90 Å². The smallest absolute Gasteiger partial charge is 0.126 e. The van der Waals surface area contributed by atoms with E-state index in [2.05, 4.69) is 10.2 Å². The molecule has 0 saturated carbocycles. The highest BCUT2D eigenvalue weighted by Gasteiger charge is 2.24. The molecule has 0 aliphatic carbocycles. The third kappa shape index (κ3) is 2.64. The molecule has 1 aliphatic heterocycles. The zero-order valence-corrected chi connectivity index (χ0v) is 10.0. The van der Waals surface area contributed by atoms with E-state index >= 15 is 0 Å². The van der Waals surface area contributed by atoms with Gasteiger partial charge < -0.3 is 5.32 Å². The van der Waals surface area contributed by atoms with Gasteiger partial charge in [0.25, 0.3) is 0 Å². The molecule has 2 rings (SSSR count). The summed E-state index contributed by atoms with van der Waals surface area (Å²) in [5.41, 5.74) is 1.34. The van der Waals surface area contributed by atoms with E-state index in [0.29, 0.717) is 5.56 Å². The third-order valence-electron chi connectivity index (χ3n) is 3.41. The number of rotatable bonds is 3. The summed E-state index contributed by atoms with van der Waals surface area (Å²) in [7, 11) is 0. The van der Waals surface area contributed by atoms with Gasteiger partial charge in [0, 0.05) is 26.2 Å². The molecule has 0 unspecified atom stereocenters. The number of alkyl halides is 1. The van der Waals surface area contributed by atoms with Crippen LogP contribution in [0.5, 0.6) is 0 Å². The Hall–Kier alpha value is -1.00. The largest absolute Gasteiger partial charge is 0.314 e. The lowest BCUT2D eigenvalue weighted by molar-refractivity contribution is 0.147. The fraction of sp³-hybridized carbons (Fsp3) is 0.538. The lowest BCUT2D eigenvalue weighted by atomic mass is 10.00. The highest BCUT2D eigenvalue weighted by atomic mass is 19.1. The highest BCUT2D eigenvalue weighted by Crippen LogP contribution is 2.26. The van der Waals surface area contributed by atoms with Gasteiger partial charge in [-0.05, 0) is 24.1 Å². The minimum atomic E-state index is -0.468. The number of halogens is 2. The van der Waals surface area contributed by atoms with E-state index in [-0.39, 0.29) is 11.9 Å². The molecule has 0 amide bonds. The van der Waals surface area contributed by atoms with Gasteiger partial charge in [-0.1, -0.05) is 12.1 Å². The summed E-state index contributed by atoms with van der Waals surface area (Å²) in [5.74, 6) is -0.254. The summed E-state index contributed by atoms with van der Waals surface area (Å²) in [6, 6.07) is 4.59. The van der Waals surface area contributed by atoms with Gasteiger partial charge in [0.1, 0.15) is 12.5 Å². The summed E-state index contributed by atoms with van der Waals surface area (Å²) < 4.78 is 26.7. The predicted molar refractivity (Wildman–Crippen MR) is 64.3 cm³/mol. The van der Waals surface area contributed by atoms with E-state index in [4.69, 9.17) is 0 Å². The maximum atomic E-state index is 13.5. The lowest BCUT2D eigenvalue weighted by Gasteiger charge is -2.34. The van der Waals surface area contributed by atoms with Crippen molar-refractivity contribution in [2.75, 3.05) is 32.9 Å². The average molecular weight is 240 g/mol. The van der Waals surface area contributed by atoms with Crippen LogP contribution in [0, 0.1) is 12.7 Å². The van der Waals surface area contributed by atoms with Gasteiger partial charge in [0.2, 0.25) is 0 Å². The molecule has 1 saturated heterocycles. The molecule has 1 aromatic carbocycles. The number of nitrogens with zero attached hydrogens (tertiary/aromatic N) is 1. The lowest BCUT2D eigenvalue weighted by Crippen LogP contribution is -2.45. The second-order valence-electron chi connectivity index (χ2n) is 4.41. The van der Waals surface area contributed by atoms with Gasteiger partial charge in [-0.2, -0.15) is 0 Å². The molecular formula is C13H18F2N2. The Morgan fingerprint density at radius 3 is 2.71 bits per heavy atom. The summed E-state index contributed by atoms with van der Waals surface area (Å²) in [6.07, 6.45) is 0. The predicted octanol–water partition coefficient (Wildman–Crippen LogP) is 2.05. The van der Waals surface area contributed by atoms with E-state index in [0.717, 1.165) is 31.7 Å². The second kappa shape index (κ2) is 5.56. The van der Waals surface area contributed by atoms with Crippen molar-refractivity contribution >= 4 is 0 Å². The van der Waals surface area contributed by atoms with Crippen molar-refractivity contribution in [1.82, 2.24) is 10.2 Å². The summed E-state index contributed by atoms with van der Waals surface area (Å²) in [4.78, 5) is 2.08. The molecule has 0 aromatic heterocycles. The van der Waals surface area contributed by atoms with Gasteiger partial charge in [-0.25, -0.2) is 8.78 Å². The van der Waals surface area contributed by atoms with Crippen LogP contribution in [0.4, 0.5) is 8.78 Å². The summed E-state index contributed by atoms with van der Waals surface area (Å²) in [5, 5.41) is 3.23. The fourth-order valence-electron chi connectivity index (χ4n) is 2.36. The van der Waals surface area contributed by atoms with Crippen LogP contribution in [0.2, 0.25) is 0 Å². The second-order valence-corrected chi connectivity index (χ2v) is 4.41. The molecule has 1 aromatic rings. The van der Waals surface area contributed by atoms with Crippen LogP contribution in [0.3, 0.4) is 0 Å². The topological polar surface area (TPSA) is 15.3 Å². The third-order valence-corrected chi connectivity index (χ3v) is 3.41. The van der Waals surface area contributed by atoms with E-state index in [1.165, 1.54) is 6.07 Å². The minimum absolute atomic E-state index is 0.254. The van der Waals surface area contributed by atoms with Crippen LogP contribution in [0.1, 0.15) is 17.2 Å². The number of piperazine rings is 1. The number of benzene rings is 1. The number of nitrogens with one attached hydrogen (secondary N) is 1. The summed E-state index contributed by atoms with van der Waals surface area (Å²) >= 11 is 0. The SMILES string of the molecule is Cc1c(F)cccc1[C@@H](CF)N1CCNCC1. The van der Waals surface area contributed by atoms with Crippen LogP contribution in [-0.2, 0) is 0 Å². The van der Waals surface area contributed by atoms with Crippen LogP contribution in [0.25, 0.3) is 0 Å². The van der Waals surface area contributed by atoms with E-state index in [9.17, 15) is 8.78 Å². The normalized spacial score (nSPS) is 19.2. The molecule has 0 spiro atoms. The zero-order chi connectivity index (χ0) is 12.3. The van der Waals surface area contributed by atoms with Crippen molar-refractivity contribution in [2.24, 2.45) is 0 Å². The van der Waals surface area contributed by atoms with Gasteiger partial charge in [0.15, 0.2) is 0 Å². The Kier molecular flexibility index (Phi) is 4.07. The van der Waals surface area contributed by atoms with E-state index in [1.54, 1.807) is 13.0 Å². The Morgan fingerprint density at radius 2 is 2.06 bits per heavy atom. The first-order valence-electron chi connectivity index (χ1n) is 5.99. The molecule has 1 heterocycles. The minimum Gasteiger partial charge on any atom is -0.314 e. The molecule has 1 atom stereocenters. The standard InChI is InChI=1S/C13H18F2N2/c1-10-11(3-2-4-12(10)15)13(9-14)17-7-5-16-6-8-17/h2-4,13,16H,5-9H2,1H3/t13-/m1/s1. The number of hydrogen-bond donors (Lipinski definition) is 1. The van der Waals surface area contributed by atoms with E-state index in [1.807, 2.05) is 6.07 Å². The van der Waals surface area contributed by atoms with Crippen molar-refractivity contribution in [3.63, 3.8) is 0 Å². The maximum absolute atomic E-state index is 13.5. The van der Waals surface area contributed by atoms with Gasteiger partial charge >= 0.3 is 0 Å². The van der Waals surface area contributed by atoms with Crippen LogP contribution >= 0.6 is 0 Å². The first kappa shape index (κ1) is 12.5. The molecule has 0 radical (unpaired) electrons. The zero-order valence-electron chi connectivity index (χ0n) is 10.0. The van der Waals surface area contributed by atoms with Crippen LogP contribution in [-0.4, -0.2) is 37.8 Å². The summed E-state index contributed by atoms with van der Waals surface area (Å²) in [6.45, 7) is 4.60. The van der Waals surface area contributed by atoms with Crippen LogP contribution in [0.15, 0.2) is 18.2 Å². The van der Waals surface area contributed by atoms with Gasteiger partial charge in [-0.15, -0.1) is 0 Å². The molecule has 17 heavy (non-hydrogen) atoms. The molecule has 2 nitrogen and oxygen atoms in total. The first-order chi connectivity index (χ1) is 8.24. The highest BCUT2D eigenvalue weighted by molar-refractivity contribution is 5.30. The van der Waals surface area contributed by atoms with Crippen molar-refractivity contribution in [2.45, 2.75) is 13.0 Å². The van der Waals surface area contributed by atoms with Crippen molar-refractivity contribution in [1.29, 1.82) is 0 Å². The Balaban J connectivity index is 2.24. The van der Waals surface area contributed by atoms with Crippen molar-refractivity contribution in [3.8, 4) is 0 Å². The van der Waals surface area contributed by atoms with Crippen molar-refractivity contribution in [3.05, 3.63) is 35.1 Å². The van der Waals surface area contributed by atoms with Crippen LogP contribution < -0.4 is 5.32 Å². The molecule has 1 N–H and O–H groups in total. The molecule has 94 valence electrons.